The zero-order chi connectivity index (χ0) is 21.3. The lowest BCUT2D eigenvalue weighted by Gasteiger charge is -2.05. The number of nitrogens with one attached hydrogen (secondary N) is 1. The maximum Gasteiger partial charge on any atom is 0.343 e. The van der Waals surface area contributed by atoms with E-state index < -0.39 is 5.97 Å². The fourth-order valence-electron chi connectivity index (χ4n) is 2.51. The fourth-order valence-corrected chi connectivity index (χ4v) is 2.51. The Morgan fingerprint density at radius 1 is 0.800 bits per heavy atom. The number of carbonyl (C=O) groups is 2. The van der Waals surface area contributed by atoms with Gasteiger partial charge in [0.05, 0.1) is 26.0 Å². The number of hydrazone groups is 1. The SMILES string of the molecule is COc1ccc(C(=O)Oc2ccc(/C=N/NC(=O)c3cccc(OC)c3)cc2)cc1. The van der Waals surface area contributed by atoms with E-state index in [0.29, 0.717) is 28.4 Å². The summed E-state index contributed by atoms with van der Waals surface area (Å²) in [7, 11) is 3.09. The number of hydrogen-bond donors (Lipinski definition) is 1. The molecular formula is C23H20N2O5. The van der Waals surface area contributed by atoms with Crippen LogP contribution in [-0.4, -0.2) is 32.3 Å². The Balaban J connectivity index is 1.55. The summed E-state index contributed by atoms with van der Waals surface area (Å²) in [6.07, 6.45) is 1.49. The predicted molar refractivity (Wildman–Crippen MR) is 112 cm³/mol. The molecule has 1 amide bonds. The highest BCUT2D eigenvalue weighted by Gasteiger charge is 2.09. The van der Waals surface area contributed by atoms with Crippen LogP contribution in [0.4, 0.5) is 0 Å². The molecule has 0 saturated carbocycles. The van der Waals surface area contributed by atoms with Crippen LogP contribution in [0.5, 0.6) is 17.2 Å². The largest absolute Gasteiger partial charge is 0.497 e. The second kappa shape index (κ2) is 9.88. The summed E-state index contributed by atoms with van der Waals surface area (Å²) in [4.78, 5) is 24.3. The third kappa shape index (κ3) is 5.45. The first kappa shape index (κ1) is 20.6. The average Bonchev–Trinajstić information content (AvgIpc) is 2.80. The van der Waals surface area contributed by atoms with Crippen LogP contribution in [0.1, 0.15) is 26.3 Å². The summed E-state index contributed by atoms with van der Waals surface area (Å²) < 4.78 is 15.5. The van der Waals surface area contributed by atoms with E-state index in [4.69, 9.17) is 14.2 Å². The fraction of sp³-hybridized carbons (Fsp3) is 0.0870. The molecule has 3 aromatic carbocycles. The van der Waals surface area contributed by atoms with Crippen LogP contribution in [0, 0.1) is 0 Å². The number of carbonyl (C=O) groups excluding carboxylic acids is 2. The topological polar surface area (TPSA) is 86.2 Å². The van der Waals surface area contributed by atoms with E-state index in [2.05, 4.69) is 10.5 Å². The van der Waals surface area contributed by atoms with Crippen molar-refractivity contribution in [2.24, 2.45) is 5.10 Å². The molecule has 0 aromatic heterocycles. The third-order valence-corrected chi connectivity index (χ3v) is 4.13. The van der Waals surface area contributed by atoms with Gasteiger partial charge in [0.2, 0.25) is 0 Å². The van der Waals surface area contributed by atoms with E-state index in [9.17, 15) is 9.59 Å². The van der Waals surface area contributed by atoms with Crippen LogP contribution in [0.2, 0.25) is 0 Å². The average molecular weight is 404 g/mol. The highest BCUT2D eigenvalue weighted by Crippen LogP contribution is 2.16. The van der Waals surface area contributed by atoms with Gasteiger partial charge in [-0.25, -0.2) is 10.2 Å². The number of benzene rings is 3. The number of nitrogens with zero attached hydrogens (tertiary/aromatic N) is 1. The number of hydrogen-bond acceptors (Lipinski definition) is 6. The maximum atomic E-state index is 12.2. The second-order valence-corrected chi connectivity index (χ2v) is 6.12. The lowest BCUT2D eigenvalue weighted by molar-refractivity contribution is 0.0734. The molecule has 152 valence electrons. The van der Waals surface area contributed by atoms with E-state index in [-0.39, 0.29) is 5.91 Å². The lowest BCUT2D eigenvalue weighted by Crippen LogP contribution is -2.17. The molecule has 0 fully saturated rings. The number of esters is 1. The number of methoxy groups -OCH3 is 2. The van der Waals surface area contributed by atoms with Gasteiger partial charge < -0.3 is 14.2 Å². The first-order chi connectivity index (χ1) is 14.6. The summed E-state index contributed by atoms with van der Waals surface area (Å²) in [5.41, 5.74) is 4.04. The van der Waals surface area contributed by atoms with Crippen molar-refractivity contribution < 1.29 is 23.8 Å². The number of amides is 1. The highest BCUT2D eigenvalue weighted by atomic mass is 16.5. The Hall–Kier alpha value is -4.13. The third-order valence-electron chi connectivity index (χ3n) is 4.13. The Morgan fingerprint density at radius 2 is 1.47 bits per heavy atom. The van der Waals surface area contributed by atoms with Gasteiger partial charge in [-0.3, -0.25) is 4.79 Å². The minimum absolute atomic E-state index is 0.352. The molecule has 7 nitrogen and oxygen atoms in total. The lowest BCUT2D eigenvalue weighted by atomic mass is 10.2. The normalized spacial score (nSPS) is 10.5. The van der Waals surface area contributed by atoms with Gasteiger partial charge in [-0.2, -0.15) is 5.10 Å². The smallest absolute Gasteiger partial charge is 0.343 e. The van der Waals surface area contributed by atoms with Crippen molar-refractivity contribution in [3.8, 4) is 17.2 Å². The van der Waals surface area contributed by atoms with E-state index in [1.165, 1.54) is 13.3 Å². The van der Waals surface area contributed by atoms with Crippen molar-refractivity contribution in [3.63, 3.8) is 0 Å². The molecule has 3 aromatic rings. The molecule has 0 spiro atoms. The van der Waals surface area contributed by atoms with Crippen LogP contribution in [0.25, 0.3) is 0 Å². The maximum absolute atomic E-state index is 12.2. The molecule has 0 bridgehead atoms. The van der Waals surface area contributed by atoms with E-state index >= 15 is 0 Å². The standard InChI is InChI=1S/C23H20N2O5/c1-28-19-12-8-17(9-13-19)23(27)30-20-10-6-16(7-11-20)15-24-25-22(26)18-4-3-5-21(14-18)29-2/h3-15H,1-2H3,(H,25,26)/b24-15+. The zero-order valence-corrected chi connectivity index (χ0v) is 16.5. The van der Waals surface area contributed by atoms with Crippen molar-refractivity contribution in [1.82, 2.24) is 5.43 Å². The van der Waals surface area contributed by atoms with Gasteiger partial charge in [0.25, 0.3) is 5.91 Å². The minimum Gasteiger partial charge on any atom is -0.497 e. The monoisotopic (exact) mass is 404 g/mol. The van der Waals surface area contributed by atoms with Gasteiger partial charge in [0.15, 0.2) is 0 Å². The summed E-state index contributed by atoms with van der Waals surface area (Å²) in [5.74, 6) is 0.827. The van der Waals surface area contributed by atoms with Crippen LogP contribution >= 0.6 is 0 Å². The molecule has 0 radical (unpaired) electrons. The van der Waals surface area contributed by atoms with Gasteiger partial charge in [0, 0.05) is 5.56 Å². The predicted octanol–water partition coefficient (Wildman–Crippen LogP) is 3.69. The Kier molecular flexibility index (Phi) is 6.78. The second-order valence-electron chi connectivity index (χ2n) is 6.12. The molecule has 3 rings (SSSR count). The van der Waals surface area contributed by atoms with Crippen LogP contribution in [0.15, 0.2) is 77.9 Å². The van der Waals surface area contributed by atoms with Crippen molar-refractivity contribution >= 4 is 18.1 Å². The molecule has 0 heterocycles. The van der Waals surface area contributed by atoms with Crippen LogP contribution in [-0.2, 0) is 0 Å². The Morgan fingerprint density at radius 3 is 2.13 bits per heavy atom. The Bertz CT molecular complexity index is 1040. The molecule has 0 aliphatic carbocycles. The van der Waals surface area contributed by atoms with Gasteiger partial charge in [-0.15, -0.1) is 0 Å². The van der Waals surface area contributed by atoms with E-state index in [0.717, 1.165) is 5.56 Å². The van der Waals surface area contributed by atoms with Crippen LogP contribution < -0.4 is 19.6 Å². The summed E-state index contributed by atoms with van der Waals surface area (Å²) in [6, 6.07) is 20.1. The molecule has 0 unspecified atom stereocenters. The molecule has 0 aliphatic rings. The van der Waals surface area contributed by atoms with E-state index in [1.54, 1.807) is 79.9 Å². The van der Waals surface area contributed by atoms with Gasteiger partial charge in [0.1, 0.15) is 17.2 Å². The Labute approximate surface area is 173 Å². The van der Waals surface area contributed by atoms with E-state index in [1.807, 2.05) is 0 Å². The molecule has 0 saturated heterocycles. The molecule has 30 heavy (non-hydrogen) atoms. The zero-order valence-electron chi connectivity index (χ0n) is 16.5. The molecule has 7 heteroatoms. The number of rotatable bonds is 7. The molecule has 0 atom stereocenters. The first-order valence-corrected chi connectivity index (χ1v) is 9.03. The van der Waals surface area contributed by atoms with Gasteiger partial charge in [-0.1, -0.05) is 6.07 Å². The van der Waals surface area contributed by atoms with Crippen molar-refractivity contribution in [2.45, 2.75) is 0 Å². The minimum atomic E-state index is -0.468. The van der Waals surface area contributed by atoms with Crippen LogP contribution in [0.3, 0.4) is 0 Å². The van der Waals surface area contributed by atoms with Gasteiger partial charge in [-0.05, 0) is 72.3 Å². The quantitative estimate of drug-likeness (QED) is 0.281. The summed E-state index contributed by atoms with van der Waals surface area (Å²) in [6.45, 7) is 0. The molecule has 1 N–H and O–H groups in total. The summed E-state index contributed by atoms with van der Waals surface area (Å²) in [5, 5.41) is 3.94. The van der Waals surface area contributed by atoms with Crippen molar-refractivity contribution in [3.05, 3.63) is 89.5 Å². The van der Waals surface area contributed by atoms with Crippen molar-refractivity contribution in [2.75, 3.05) is 14.2 Å². The number of ether oxygens (including phenoxy) is 3. The summed E-state index contributed by atoms with van der Waals surface area (Å²) >= 11 is 0. The molecular weight excluding hydrogens is 384 g/mol. The molecule has 0 aliphatic heterocycles. The van der Waals surface area contributed by atoms with Gasteiger partial charge >= 0.3 is 5.97 Å². The highest BCUT2D eigenvalue weighted by molar-refractivity contribution is 5.95. The van der Waals surface area contributed by atoms with Crippen molar-refractivity contribution in [1.29, 1.82) is 0 Å². The first-order valence-electron chi connectivity index (χ1n) is 9.03.